The molecule has 1 N–H and O–H groups in total. The molecule has 0 aliphatic carbocycles. The maximum absolute atomic E-state index is 6.00. The van der Waals surface area contributed by atoms with E-state index in [-0.39, 0.29) is 0 Å². The third-order valence-electron chi connectivity index (χ3n) is 6.53. The number of anilines is 1. The minimum atomic E-state index is 0.725. The summed E-state index contributed by atoms with van der Waals surface area (Å²) in [5.41, 5.74) is 11.2. The molecule has 0 aliphatic rings. The summed E-state index contributed by atoms with van der Waals surface area (Å²) in [7, 11) is 0. The van der Waals surface area contributed by atoms with Gasteiger partial charge in [-0.1, -0.05) is 71.8 Å². The van der Waals surface area contributed by atoms with Gasteiger partial charge in [-0.15, -0.1) is 0 Å². The van der Waals surface area contributed by atoms with Crippen LogP contribution in [0.1, 0.15) is 44.6 Å². The summed E-state index contributed by atoms with van der Waals surface area (Å²) in [6.07, 6.45) is 2.17. The lowest BCUT2D eigenvalue weighted by Gasteiger charge is -2.28. The fourth-order valence-corrected chi connectivity index (χ4v) is 4.95. The third kappa shape index (κ3) is 6.20. The van der Waals surface area contributed by atoms with Gasteiger partial charge in [-0.25, -0.2) is 0 Å². The van der Waals surface area contributed by atoms with Crippen LogP contribution < -0.4 is 5.32 Å². The molecule has 0 atom stereocenters. The Morgan fingerprint density at radius 1 is 0.771 bits per heavy atom. The minimum Gasteiger partial charge on any atom is -0.345 e. The molecule has 4 aromatic rings. The van der Waals surface area contributed by atoms with E-state index in [1.54, 1.807) is 0 Å². The lowest BCUT2D eigenvalue weighted by atomic mass is 10.1. The van der Waals surface area contributed by atoms with Crippen LogP contribution in [0.3, 0.4) is 0 Å². The van der Waals surface area contributed by atoms with Crippen LogP contribution in [0.4, 0.5) is 5.69 Å². The van der Waals surface area contributed by atoms with Crippen LogP contribution >= 0.6 is 12.2 Å². The van der Waals surface area contributed by atoms with Crippen molar-refractivity contribution in [2.75, 3.05) is 5.32 Å². The molecule has 35 heavy (non-hydrogen) atoms. The van der Waals surface area contributed by atoms with Gasteiger partial charge in [-0.05, 0) is 86.8 Å². The molecular formula is C31H35N3S. The Labute approximate surface area is 215 Å². The summed E-state index contributed by atoms with van der Waals surface area (Å²) in [6, 6.07) is 26.0. The molecule has 4 rings (SSSR count). The molecule has 180 valence electrons. The second-order valence-electron chi connectivity index (χ2n) is 9.60. The van der Waals surface area contributed by atoms with E-state index in [1.807, 2.05) is 0 Å². The molecular weight excluding hydrogens is 446 g/mol. The van der Waals surface area contributed by atoms with Crippen LogP contribution in [0.5, 0.6) is 0 Å². The van der Waals surface area contributed by atoms with Crippen molar-refractivity contribution >= 4 is 23.0 Å². The minimum absolute atomic E-state index is 0.725. The predicted molar refractivity (Wildman–Crippen MR) is 152 cm³/mol. The Hall–Kier alpha value is -3.37. The Kier molecular flexibility index (Phi) is 7.72. The quantitative estimate of drug-likeness (QED) is 0.276. The number of rotatable bonds is 7. The van der Waals surface area contributed by atoms with Gasteiger partial charge in [0.25, 0.3) is 0 Å². The van der Waals surface area contributed by atoms with Crippen LogP contribution in [0, 0.1) is 34.6 Å². The van der Waals surface area contributed by atoms with E-state index < -0.39 is 0 Å². The van der Waals surface area contributed by atoms with E-state index >= 15 is 0 Å². The van der Waals surface area contributed by atoms with Crippen molar-refractivity contribution in [1.29, 1.82) is 0 Å². The summed E-state index contributed by atoms with van der Waals surface area (Å²) in [4.78, 5) is 2.26. The molecule has 0 fully saturated rings. The van der Waals surface area contributed by atoms with Gasteiger partial charge < -0.3 is 14.8 Å². The smallest absolute Gasteiger partial charge is 0.174 e. The number of benzene rings is 3. The molecule has 1 heterocycles. The lowest BCUT2D eigenvalue weighted by molar-refractivity contribution is 0.399. The zero-order chi connectivity index (χ0) is 24.9. The maximum atomic E-state index is 6.00. The molecule has 0 bridgehead atoms. The second kappa shape index (κ2) is 10.9. The van der Waals surface area contributed by atoms with Gasteiger partial charge in [0.1, 0.15) is 0 Å². The largest absolute Gasteiger partial charge is 0.345 e. The molecule has 0 radical (unpaired) electrons. The first kappa shape index (κ1) is 24.7. The van der Waals surface area contributed by atoms with Crippen molar-refractivity contribution < 1.29 is 0 Å². The van der Waals surface area contributed by atoms with Crippen molar-refractivity contribution in [3.05, 3.63) is 124 Å². The molecule has 0 unspecified atom stereocenters. The predicted octanol–water partition coefficient (Wildman–Crippen LogP) is 7.48. The summed E-state index contributed by atoms with van der Waals surface area (Å²) in [6.45, 7) is 13.1. The maximum Gasteiger partial charge on any atom is 0.174 e. The monoisotopic (exact) mass is 481 g/mol. The van der Waals surface area contributed by atoms with Crippen LogP contribution in [0.15, 0.2) is 79.0 Å². The fraction of sp³-hybridized carbons (Fsp3) is 0.258. The highest BCUT2D eigenvalue weighted by molar-refractivity contribution is 7.80. The Bertz CT molecular complexity index is 1300. The van der Waals surface area contributed by atoms with Gasteiger partial charge in [0.15, 0.2) is 5.11 Å². The van der Waals surface area contributed by atoms with Crippen molar-refractivity contribution in [1.82, 2.24) is 9.47 Å². The van der Waals surface area contributed by atoms with E-state index in [9.17, 15) is 0 Å². The first-order chi connectivity index (χ1) is 16.8. The summed E-state index contributed by atoms with van der Waals surface area (Å²) < 4.78 is 2.33. The highest BCUT2D eigenvalue weighted by Crippen LogP contribution is 2.23. The van der Waals surface area contributed by atoms with Crippen molar-refractivity contribution in [3.63, 3.8) is 0 Å². The molecule has 0 spiro atoms. The molecule has 0 aliphatic heterocycles. The lowest BCUT2D eigenvalue weighted by Crippen LogP contribution is -2.35. The van der Waals surface area contributed by atoms with Gasteiger partial charge in [-0.3, -0.25) is 0 Å². The molecule has 3 nitrogen and oxygen atoms in total. The molecule has 3 aromatic carbocycles. The van der Waals surface area contributed by atoms with Crippen molar-refractivity contribution in [3.8, 4) is 0 Å². The number of hydrogen-bond acceptors (Lipinski definition) is 1. The topological polar surface area (TPSA) is 20.2 Å². The summed E-state index contributed by atoms with van der Waals surface area (Å²) >= 11 is 6.00. The second-order valence-corrected chi connectivity index (χ2v) is 9.99. The molecule has 0 saturated heterocycles. The standard InChI is InChI=1S/C31H35N3S/c1-22-13-14-28(24(3)16-22)20-33-15-9-12-29(33)21-34(19-27-10-7-6-8-11-27)31(35)32-30-25(4)17-23(2)18-26(30)5/h6-18H,19-21H2,1-5H3,(H,32,35). The molecule has 4 heteroatoms. The Morgan fingerprint density at radius 3 is 2.14 bits per heavy atom. The van der Waals surface area contributed by atoms with Gasteiger partial charge in [0, 0.05) is 30.7 Å². The average Bonchev–Trinajstić information content (AvgIpc) is 3.24. The van der Waals surface area contributed by atoms with E-state index in [0.717, 1.165) is 30.4 Å². The first-order valence-electron chi connectivity index (χ1n) is 12.2. The first-order valence-corrected chi connectivity index (χ1v) is 12.6. The Balaban J connectivity index is 1.60. The highest BCUT2D eigenvalue weighted by Gasteiger charge is 2.16. The summed E-state index contributed by atoms with van der Waals surface area (Å²) in [5.74, 6) is 0. The number of aromatic nitrogens is 1. The van der Waals surface area contributed by atoms with Gasteiger partial charge in [-0.2, -0.15) is 0 Å². The number of aryl methyl sites for hydroxylation is 5. The van der Waals surface area contributed by atoms with E-state index in [4.69, 9.17) is 12.2 Å². The SMILES string of the molecule is Cc1ccc(Cn2cccc2CN(Cc2ccccc2)C(=S)Nc2c(C)cc(C)cc2C)c(C)c1. The van der Waals surface area contributed by atoms with E-state index in [2.05, 4.69) is 128 Å². The van der Waals surface area contributed by atoms with Crippen LogP contribution in [0.25, 0.3) is 0 Å². The molecule has 1 aromatic heterocycles. The molecule has 0 saturated carbocycles. The van der Waals surface area contributed by atoms with Crippen molar-refractivity contribution in [2.24, 2.45) is 0 Å². The third-order valence-corrected chi connectivity index (χ3v) is 6.89. The number of nitrogens with zero attached hydrogens (tertiary/aromatic N) is 2. The van der Waals surface area contributed by atoms with Gasteiger partial charge in [0.05, 0.1) is 6.54 Å². The normalized spacial score (nSPS) is 10.9. The highest BCUT2D eigenvalue weighted by atomic mass is 32.1. The van der Waals surface area contributed by atoms with Crippen LogP contribution in [-0.2, 0) is 19.6 Å². The van der Waals surface area contributed by atoms with E-state index in [0.29, 0.717) is 0 Å². The molecule has 0 amide bonds. The van der Waals surface area contributed by atoms with E-state index in [1.165, 1.54) is 44.6 Å². The number of hydrogen-bond donors (Lipinski definition) is 1. The van der Waals surface area contributed by atoms with Gasteiger partial charge in [0.2, 0.25) is 0 Å². The van der Waals surface area contributed by atoms with Gasteiger partial charge >= 0.3 is 0 Å². The van der Waals surface area contributed by atoms with Crippen molar-refractivity contribution in [2.45, 2.75) is 54.3 Å². The number of thiocarbonyl (C=S) groups is 1. The zero-order valence-corrected chi connectivity index (χ0v) is 22.2. The summed E-state index contributed by atoms with van der Waals surface area (Å²) in [5, 5.41) is 4.31. The number of nitrogens with one attached hydrogen (secondary N) is 1. The zero-order valence-electron chi connectivity index (χ0n) is 21.4. The fourth-order valence-electron chi connectivity index (χ4n) is 4.72. The van der Waals surface area contributed by atoms with Crippen LogP contribution in [-0.4, -0.2) is 14.6 Å². The van der Waals surface area contributed by atoms with Crippen LogP contribution in [0.2, 0.25) is 0 Å². The average molecular weight is 482 g/mol. The Morgan fingerprint density at radius 2 is 1.46 bits per heavy atom.